The van der Waals surface area contributed by atoms with Crippen LogP contribution in [0.1, 0.15) is 69.5 Å². The minimum Gasteiger partial charge on any atom is -0.368 e. The molecule has 1 aromatic carbocycles. The highest BCUT2D eigenvalue weighted by molar-refractivity contribution is 5.81. The highest BCUT2D eigenvalue weighted by Gasteiger charge is 2.25. The Morgan fingerprint density at radius 1 is 1.24 bits per heavy atom. The molecule has 1 heterocycles. The van der Waals surface area contributed by atoms with Crippen molar-refractivity contribution in [3.05, 3.63) is 35.4 Å². The molecular weight excluding hydrogens is 262 g/mol. The van der Waals surface area contributed by atoms with Crippen molar-refractivity contribution in [3.8, 4) is 0 Å². The van der Waals surface area contributed by atoms with E-state index in [4.69, 9.17) is 4.74 Å². The van der Waals surface area contributed by atoms with Gasteiger partial charge in [-0.2, -0.15) is 0 Å². The van der Waals surface area contributed by atoms with Crippen LogP contribution in [0.5, 0.6) is 0 Å². The summed E-state index contributed by atoms with van der Waals surface area (Å²) in [7, 11) is 0. The van der Waals surface area contributed by atoms with E-state index in [9.17, 15) is 4.79 Å². The van der Waals surface area contributed by atoms with Crippen molar-refractivity contribution in [3.63, 3.8) is 0 Å². The number of ether oxygens (including phenoxy) is 1. The van der Waals surface area contributed by atoms with E-state index in [-0.39, 0.29) is 18.1 Å². The zero-order chi connectivity index (χ0) is 15.2. The van der Waals surface area contributed by atoms with Crippen LogP contribution in [0.3, 0.4) is 0 Å². The van der Waals surface area contributed by atoms with Crippen LogP contribution in [0.4, 0.5) is 0 Å². The van der Waals surface area contributed by atoms with Crippen molar-refractivity contribution in [1.29, 1.82) is 0 Å². The average molecular weight is 289 g/mol. The Kier molecular flexibility index (Phi) is 5.80. The lowest BCUT2D eigenvalue weighted by Crippen LogP contribution is -2.36. The van der Waals surface area contributed by atoms with Crippen molar-refractivity contribution in [2.45, 2.75) is 64.5 Å². The number of amides is 1. The Balaban J connectivity index is 2.01. The fraction of sp³-hybridized carbons (Fsp3) is 0.611. The molecule has 3 nitrogen and oxygen atoms in total. The van der Waals surface area contributed by atoms with E-state index >= 15 is 0 Å². The average Bonchev–Trinajstić information content (AvgIpc) is 3.06. The maximum atomic E-state index is 12.2. The number of rotatable bonds is 6. The largest absolute Gasteiger partial charge is 0.368 e. The van der Waals surface area contributed by atoms with Gasteiger partial charge in [0.15, 0.2) is 0 Å². The summed E-state index contributed by atoms with van der Waals surface area (Å²) < 4.78 is 5.45. The Morgan fingerprint density at radius 3 is 2.43 bits per heavy atom. The third kappa shape index (κ3) is 4.07. The Labute approximate surface area is 128 Å². The Bertz CT molecular complexity index is 449. The van der Waals surface area contributed by atoms with Gasteiger partial charge in [-0.3, -0.25) is 4.79 Å². The van der Waals surface area contributed by atoms with Gasteiger partial charge in [-0.1, -0.05) is 45.0 Å². The summed E-state index contributed by atoms with van der Waals surface area (Å²) in [5.41, 5.74) is 2.54. The van der Waals surface area contributed by atoms with Crippen molar-refractivity contribution >= 4 is 5.91 Å². The molecule has 1 aliphatic heterocycles. The minimum atomic E-state index is -0.251. The molecule has 0 aromatic heterocycles. The van der Waals surface area contributed by atoms with Gasteiger partial charge >= 0.3 is 0 Å². The first-order valence-corrected chi connectivity index (χ1v) is 8.17. The quantitative estimate of drug-likeness (QED) is 0.861. The number of carbonyl (C=O) groups excluding carboxylic acids is 1. The van der Waals surface area contributed by atoms with Crippen LogP contribution in [-0.2, 0) is 9.53 Å². The summed E-state index contributed by atoms with van der Waals surface area (Å²) in [6.45, 7) is 7.25. The summed E-state index contributed by atoms with van der Waals surface area (Å²) in [5, 5.41) is 3.12. The van der Waals surface area contributed by atoms with Gasteiger partial charge in [0.1, 0.15) is 6.10 Å². The third-order valence-electron chi connectivity index (χ3n) is 4.47. The lowest BCUT2D eigenvalue weighted by Gasteiger charge is -2.20. The van der Waals surface area contributed by atoms with Crippen molar-refractivity contribution in [2.75, 3.05) is 6.61 Å². The summed E-state index contributed by atoms with van der Waals surface area (Å²) >= 11 is 0. The highest BCUT2D eigenvalue weighted by Crippen LogP contribution is 2.23. The van der Waals surface area contributed by atoms with E-state index in [1.165, 1.54) is 11.1 Å². The minimum absolute atomic E-state index is 0.0327. The predicted octanol–water partition coefficient (Wildman–Crippen LogP) is 3.95. The molecule has 2 rings (SSSR count). The maximum absolute atomic E-state index is 12.2. The first kappa shape index (κ1) is 16.0. The van der Waals surface area contributed by atoms with Crippen LogP contribution in [0.15, 0.2) is 24.3 Å². The number of hydrogen-bond acceptors (Lipinski definition) is 2. The molecule has 1 aliphatic rings. The number of nitrogens with one attached hydrogen (secondary N) is 1. The second-order valence-electron chi connectivity index (χ2n) is 5.95. The molecule has 3 atom stereocenters. The monoisotopic (exact) mass is 289 g/mol. The van der Waals surface area contributed by atoms with E-state index in [1.807, 2.05) is 0 Å². The molecule has 0 spiro atoms. The van der Waals surface area contributed by atoms with E-state index in [0.29, 0.717) is 12.5 Å². The lowest BCUT2D eigenvalue weighted by atomic mass is 9.95. The van der Waals surface area contributed by atoms with Gasteiger partial charge in [0.05, 0.1) is 6.04 Å². The van der Waals surface area contributed by atoms with Crippen LogP contribution in [0, 0.1) is 0 Å². The van der Waals surface area contributed by atoms with Gasteiger partial charge in [-0.25, -0.2) is 0 Å². The summed E-state index contributed by atoms with van der Waals surface area (Å²) in [6, 6.07) is 8.73. The molecule has 1 saturated heterocycles. The molecule has 1 fully saturated rings. The van der Waals surface area contributed by atoms with E-state index in [2.05, 4.69) is 50.4 Å². The first-order chi connectivity index (χ1) is 10.2. The summed E-state index contributed by atoms with van der Waals surface area (Å²) in [6.07, 6.45) is 3.61. The van der Waals surface area contributed by atoms with Gasteiger partial charge in [0.2, 0.25) is 5.91 Å². The zero-order valence-electron chi connectivity index (χ0n) is 13.4. The molecule has 0 aliphatic carbocycles. The van der Waals surface area contributed by atoms with Gasteiger partial charge in [-0.05, 0) is 42.7 Å². The molecule has 116 valence electrons. The maximum Gasteiger partial charge on any atom is 0.249 e. The van der Waals surface area contributed by atoms with Crippen LogP contribution in [0.2, 0.25) is 0 Å². The molecule has 21 heavy (non-hydrogen) atoms. The van der Waals surface area contributed by atoms with E-state index < -0.39 is 0 Å². The van der Waals surface area contributed by atoms with Gasteiger partial charge in [0, 0.05) is 6.61 Å². The molecule has 0 radical (unpaired) electrons. The van der Waals surface area contributed by atoms with Gasteiger partial charge < -0.3 is 10.1 Å². The summed E-state index contributed by atoms with van der Waals surface area (Å²) in [5.74, 6) is 0.617. The highest BCUT2D eigenvalue weighted by atomic mass is 16.5. The Hall–Kier alpha value is -1.35. The van der Waals surface area contributed by atoms with Crippen LogP contribution >= 0.6 is 0 Å². The molecule has 3 heteroatoms. The zero-order valence-corrected chi connectivity index (χ0v) is 13.4. The molecule has 0 saturated carbocycles. The van der Waals surface area contributed by atoms with E-state index in [0.717, 1.165) is 25.7 Å². The van der Waals surface area contributed by atoms with Crippen LogP contribution in [-0.4, -0.2) is 18.6 Å². The first-order valence-electron chi connectivity index (χ1n) is 8.17. The SMILES string of the molecule is CC[C@H](C)c1ccc([C@@H](CC)NC(=O)[C@H]2CCCO2)cc1. The fourth-order valence-electron chi connectivity index (χ4n) is 2.76. The molecule has 1 aromatic rings. The summed E-state index contributed by atoms with van der Waals surface area (Å²) in [4.78, 5) is 12.2. The van der Waals surface area contributed by atoms with E-state index in [1.54, 1.807) is 0 Å². The third-order valence-corrected chi connectivity index (χ3v) is 4.47. The van der Waals surface area contributed by atoms with Crippen molar-refractivity contribution in [2.24, 2.45) is 0 Å². The standard InChI is InChI=1S/C18H27NO2/c1-4-13(3)14-8-10-15(11-9-14)16(5-2)19-18(20)17-7-6-12-21-17/h8-11,13,16-17H,4-7,12H2,1-3H3,(H,19,20)/t13-,16+,17+/m0/s1. The van der Waals surface area contributed by atoms with Gasteiger partial charge in [-0.15, -0.1) is 0 Å². The lowest BCUT2D eigenvalue weighted by molar-refractivity contribution is -0.130. The second kappa shape index (κ2) is 7.60. The van der Waals surface area contributed by atoms with Crippen molar-refractivity contribution < 1.29 is 9.53 Å². The topological polar surface area (TPSA) is 38.3 Å². The van der Waals surface area contributed by atoms with Gasteiger partial charge in [0.25, 0.3) is 0 Å². The molecule has 1 amide bonds. The molecule has 0 unspecified atom stereocenters. The number of carbonyl (C=O) groups is 1. The number of hydrogen-bond donors (Lipinski definition) is 1. The molecule has 1 N–H and O–H groups in total. The molecular formula is C18H27NO2. The smallest absolute Gasteiger partial charge is 0.249 e. The number of benzene rings is 1. The second-order valence-corrected chi connectivity index (χ2v) is 5.95. The van der Waals surface area contributed by atoms with Crippen LogP contribution < -0.4 is 5.32 Å². The Morgan fingerprint density at radius 2 is 1.90 bits per heavy atom. The normalized spacial score (nSPS) is 21.0. The predicted molar refractivity (Wildman–Crippen MR) is 85.3 cm³/mol. The fourth-order valence-corrected chi connectivity index (χ4v) is 2.76. The van der Waals surface area contributed by atoms with Crippen LogP contribution in [0.25, 0.3) is 0 Å². The van der Waals surface area contributed by atoms with Crippen molar-refractivity contribution in [1.82, 2.24) is 5.32 Å². The molecule has 0 bridgehead atoms.